The second-order valence-electron chi connectivity index (χ2n) is 6.25. The molecule has 1 amide bonds. The molecule has 6 nitrogen and oxygen atoms in total. The van der Waals surface area contributed by atoms with E-state index in [1.54, 1.807) is 40.0 Å². The van der Waals surface area contributed by atoms with Crippen LogP contribution in [0.25, 0.3) is 0 Å². The van der Waals surface area contributed by atoms with Gasteiger partial charge in [-0.05, 0) is 33.8 Å². The molecule has 2 rings (SSSR count). The molecule has 1 aromatic rings. The van der Waals surface area contributed by atoms with E-state index in [4.69, 9.17) is 9.47 Å². The summed E-state index contributed by atoms with van der Waals surface area (Å²) >= 11 is 0. The Morgan fingerprint density at radius 2 is 2.05 bits per heavy atom. The Morgan fingerprint density at radius 3 is 2.64 bits per heavy atom. The molecule has 0 aliphatic carbocycles. The van der Waals surface area contributed by atoms with Crippen LogP contribution in [0.4, 0.5) is 10.6 Å². The molecule has 1 aliphatic rings. The molecule has 2 unspecified atom stereocenters. The van der Waals surface area contributed by atoms with Gasteiger partial charge in [0.15, 0.2) is 0 Å². The van der Waals surface area contributed by atoms with Gasteiger partial charge in [-0.3, -0.25) is 0 Å². The predicted octanol–water partition coefficient (Wildman–Crippen LogP) is 2.87. The first-order chi connectivity index (χ1) is 10.3. The summed E-state index contributed by atoms with van der Waals surface area (Å²) in [4.78, 5) is 30.4. The van der Waals surface area contributed by atoms with Gasteiger partial charge in [-0.25, -0.2) is 19.5 Å². The molecule has 0 spiro atoms. The van der Waals surface area contributed by atoms with Crippen LogP contribution in [0, 0.1) is 0 Å². The molecule has 120 valence electrons. The molecule has 22 heavy (non-hydrogen) atoms. The van der Waals surface area contributed by atoms with E-state index in [0.717, 1.165) is 5.56 Å². The maximum Gasteiger partial charge on any atom is 0.416 e. The lowest BCUT2D eigenvalue weighted by atomic mass is 9.98. The Bertz CT molecular complexity index is 580. The normalized spacial score (nSPS) is 20.5. The van der Waals surface area contributed by atoms with Crippen LogP contribution in [0.1, 0.15) is 46.1 Å². The zero-order valence-corrected chi connectivity index (χ0v) is 13.6. The number of carbonyl (C=O) groups excluding carboxylic acids is 2. The number of ether oxygens (including phenoxy) is 2. The van der Waals surface area contributed by atoms with Gasteiger partial charge in [0.25, 0.3) is 0 Å². The number of rotatable bonds is 2. The van der Waals surface area contributed by atoms with Crippen molar-refractivity contribution < 1.29 is 19.1 Å². The highest BCUT2D eigenvalue weighted by atomic mass is 16.6. The van der Waals surface area contributed by atoms with Crippen LogP contribution in [0.15, 0.2) is 18.3 Å². The van der Waals surface area contributed by atoms with E-state index in [1.807, 2.05) is 13.0 Å². The Balaban J connectivity index is 2.40. The number of hydrogen-bond donors (Lipinski definition) is 0. The van der Waals surface area contributed by atoms with Crippen LogP contribution < -0.4 is 4.90 Å². The molecule has 1 aromatic heterocycles. The molecule has 0 saturated heterocycles. The third-order valence-corrected chi connectivity index (χ3v) is 3.41. The maximum atomic E-state index is 12.5. The lowest BCUT2D eigenvalue weighted by molar-refractivity contribution is -0.145. The average Bonchev–Trinajstić information content (AvgIpc) is 2.71. The summed E-state index contributed by atoms with van der Waals surface area (Å²) in [6.45, 7) is 9.22. The minimum absolute atomic E-state index is 0.199. The summed E-state index contributed by atoms with van der Waals surface area (Å²) < 4.78 is 10.5. The number of carbonyl (C=O) groups is 2. The van der Waals surface area contributed by atoms with Crippen LogP contribution in [0.5, 0.6) is 0 Å². The van der Waals surface area contributed by atoms with Crippen molar-refractivity contribution in [2.24, 2.45) is 0 Å². The number of esters is 1. The first kappa shape index (κ1) is 16.3. The number of pyridine rings is 1. The van der Waals surface area contributed by atoms with Crippen molar-refractivity contribution in [1.82, 2.24) is 4.98 Å². The van der Waals surface area contributed by atoms with E-state index in [1.165, 1.54) is 4.90 Å². The van der Waals surface area contributed by atoms with Crippen LogP contribution in [0.3, 0.4) is 0 Å². The van der Waals surface area contributed by atoms with Gasteiger partial charge in [-0.1, -0.05) is 13.0 Å². The van der Waals surface area contributed by atoms with Crippen LogP contribution in [-0.2, 0) is 14.3 Å². The number of amides is 1. The van der Waals surface area contributed by atoms with E-state index >= 15 is 0 Å². The predicted molar refractivity (Wildman–Crippen MR) is 81.8 cm³/mol. The Labute approximate surface area is 130 Å². The molecule has 2 heterocycles. The lowest BCUT2D eigenvalue weighted by Gasteiger charge is -2.28. The fourth-order valence-electron chi connectivity index (χ4n) is 2.54. The zero-order chi connectivity index (χ0) is 16.5. The van der Waals surface area contributed by atoms with Gasteiger partial charge in [0, 0.05) is 17.7 Å². The van der Waals surface area contributed by atoms with Gasteiger partial charge in [-0.15, -0.1) is 0 Å². The van der Waals surface area contributed by atoms with E-state index < -0.39 is 23.7 Å². The highest BCUT2D eigenvalue weighted by molar-refractivity contribution is 5.98. The van der Waals surface area contributed by atoms with Crippen molar-refractivity contribution in [2.75, 3.05) is 11.5 Å². The molecule has 0 radical (unpaired) electrons. The number of nitrogens with zero attached hydrogens (tertiary/aromatic N) is 2. The van der Waals surface area contributed by atoms with Crippen molar-refractivity contribution in [3.63, 3.8) is 0 Å². The fraction of sp³-hybridized carbons (Fsp3) is 0.562. The van der Waals surface area contributed by atoms with Crippen LogP contribution in [0.2, 0.25) is 0 Å². The Hall–Kier alpha value is -2.11. The molecule has 6 heteroatoms. The molecule has 0 saturated carbocycles. The minimum atomic E-state index is -0.750. The molecule has 1 aliphatic heterocycles. The molecule has 0 fully saturated rings. The van der Waals surface area contributed by atoms with Gasteiger partial charge in [0.05, 0.1) is 6.61 Å². The minimum Gasteiger partial charge on any atom is -0.464 e. The highest BCUT2D eigenvalue weighted by Crippen LogP contribution is 2.40. The topological polar surface area (TPSA) is 68.7 Å². The van der Waals surface area contributed by atoms with Crippen molar-refractivity contribution in [2.45, 2.75) is 52.2 Å². The van der Waals surface area contributed by atoms with E-state index in [2.05, 4.69) is 4.98 Å². The summed E-state index contributed by atoms with van der Waals surface area (Å²) in [5, 5.41) is 0. The third kappa shape index (κ3) is 3.05. The van der Waals surface area contributed by atoms with Gasteiger partial charge in [0.1, 0.15) is 17.5 Å². The summed E-state index contributed by atoms with van der Waals surface area (Å²) in [5.74, 6) is -0.184. The Morgan fingerprint density at radius 1 is 1.36 bits per heavy atom. The molecule has 0 bridgehead atoms. The Kier molecular flexibility index (Phi) is 4.39. The van der Waals surface area contributed by atoms with Gasteiger partial charge >= 0.3 is 12.1 Å². The molecular weight excluding hydrogens is 284 g/mol. The van der Waals surface area contributed by atoms with Crippen molar-refractivity contribution in [1.29, 1.82) is 0 Å². The number of hydrogen-bond acceptors (Lipinski definition) is 5. The number of fused-ring (bicyclic) bond motifs is 1. The van der Waals surface area contributed by atoms with Crippen LogP contribution >= 0.6 is 0 Å². The number of aromatic nitrogens is 1. The van der Waals surface area contributed by atoms with Gasteiger partial charge in [0.2, 0.25) is 0 Å². The second-order valence-corrected chi connectivity index (χ2v) is 6.25. The van der Waals surface area contributed by atoms with Crippen molar-refractivity contribution in [3.8, 4) is 0 Å². The highest BCUT2D eigenvalue weighted by Gasteiger charge is 2.47. The van der Waals surface area contributed by atoms with Crippen LogP contribution in [-0.4, -0.2) is 35.3 Å². The molecule has 2 atom stereocenters. The van der Waals surface area contributed by atoms with Gasteiger partial charge in [-0.2, -0.15) is 0 Å². The van der Waals surface area contributed by atoms with Gasteiger partial charge < -0.3 is 9.47 Å². The van der Waals surface area contributed by atoms with Crippen molar-refractivity contribution >= 4 is 17.9 Å². The smallest absolute Gasteiger partial charge is 0.416 e. The quantitative estimate of drug-likeness (QED) is 0.786. The fourth-order valence-corrected chi connectivity index (χ4v) is 2.54. The standard InChI is InChI=1S/C16H22N2O4/c1-6-21-14(19)12-10(2)11-8-7-9-17-13(11)18(12)15(20)22-16(3,4)5/h7-10,12H,6H2,1-5H3. The third-order valence-electron chi connectivity index (χ3n) is 3.41. The lowest BCUT2D eigenvalue weighted by Crippen LogP contribution is -2.47. The second kappa shape index (κ2) is 5.94. The summed E-state index contributed by atoms with van der Waals surface area (Å²) in [5.41, 5.74) is 0.184. The monoisotopic (exact) mass is 306 g/mol. The molecule has 0 aromatic carbocycles. The summed E-state index contributed by atoms with van der Waals surface area (Å²) in [7, 11) is 0. The zero-order valence-electron chi connectivity index (χ0n) is 13.6. The molecule has 0 N–H and O–H groups in total. The summed E-state index contributed by atoms with van der Waals surface area (Å²) in [6.07, 6.45) is 1.01. The van der Waals surface area contributed by atoms with E-state index in [0.29, 0.717) is 5.82 Å². The first-order valence-electron chi connectivity index (χ1n) is 7.40. The SMILES string of the molecule is CCOC(=O)C1C(C)c2cccnc2N1C(=O)OC(C)(C)C. The largest absolute Gasteiger partial charge is 0.464 e. The van der Waals surface area contributed by atoms with E-state index in [9.17, 15) is 9.59 Å². The summed E-state index contributed by atoms with van der Waals surface area (Å²) in [6, 6.07) is 2.90. The number of anilines is 1. The van der Waals surface area contributed by atoms with E-state index in [-0.39, 0.29) is 12.5 Å². The molecular formula is C16H22N2O4. The van der Waals surface area contributed by atoms with Crippen molar-refractivity contribution in [3.05, 3.63) is 23.9 Å². The maximum absolute atomic E-state index is 12.5. The average molecular weight is 306 g/mol. The first-order valence-corrected chi connectivity index (χ1v) is 7.40.